The number of hydrogen-bond acceptors (Lipinski definition) is 3. The summed E-state index contributed by atoms with van der Waals surface area (Å²) in [5, 5.41) is 20.8. The third kappa shape index (κ3) is 2.66. The van der Waals surface area contributed by atoms with Crippen LogP contribution in [0.5, 0.6) is 0 Å². The zero-order valence-electron chi connectivity index (χ0n) is 12.7. The molecule has 108 valence electrons. The molecule has 1 saturated carbocycles. The second-order valence-corrected chi connectivity index (χ2v) is 7.11. The second-order valence-electron chi connectivity index (χ2n) is 7.11. The highest BCUT2D eigenvalue weighted by molar-refractivity contribution is 5.14. The molecule has 0 spiro atoms. The van der Waals surface area contributed by atoms with Crippen LogP contribution in [0.2, 0.25) is 0 Å². The second kappa shape index (κ2) is 5.42. The minimum absolute atomic E-state index is 0.486. The fourth-order valence-electron chi connectivity index (χ4n) is 3.95. The van der Waals surface area contributed by atoms with E-state index in [2.05, 4.69) is 31.9 Å². The standard InChI is InChI=1S/C16H28N2O/c1-13(2)14-4-6-15(12-17,7-5-14)16(19)8-10-18(3)11-9-16/h13-14,19H,4-11H2,1-3H3. The average Bonchev–Trinajstić information content (AvgIpc) is 2.42. The van der Waals surface area contributed by atoms with Gasteiger partial charge in [0.05, 0.1) is 17.1 Å². The third-order valence-corrected chi connectivity index (χ3v) is 5.75. The van der Waals surface area contributed by atoms with Crippen molar-refractivity contribution in [2.75, 3.05) is 20.1 Å². The molecule has 0 aromatic rings. The lowest BCUT2D eigenvalue weighted by Crippen LogP contribution is -2.55. The van der Waals surface area contributed by atoms with Crippen LogP contribution in [0.25, 0.3) is 0 Å². The van der Waals surface area contributed by atoms with Gasteiger partial charge in [-0.15, -0.1) is 0 Å². The van der Waals surface area contributed by atoms with Crippen LogP contribution in [-0.2, 0) is 0 Å². The van der Waals surface area contributed by atoms with Crippen molar-refractivity contribution in [2.24, 2.45) is 17.3 Å². The number of nitrogens with zero attached hydrogens (tertiary/aromatic N) is 2. The molecule has 0 aromatic carbocycles. The Morgan fingerprint density at radius 3 is 2.11 bits per heavy atom. The summed E-state index contributed by atoms with van der Waals surface area (Å²) in [5.74, 6) is 1.43. The summed E-state index contributed by atoms with van der Waals surface area (Å²) in [5.41, 5.74) is -1.24. The highest BCUT2D eigenvalue weighted by Gasteiger charge is 2.53. The van der Waals surface area contributed by atoms with Crippen molar-refractivity contribution in [1.29, 1.82) is 5.26 Å². The molecule has 2 aliphatic rings. The maximum absolute atomic E-state index is 11.0. The average molecular weight is 264 g/mol. The van der Waals surface area contributed by atoms with E-state index in [1.807, 2.05) is 0 Å². The zero-order valence-corrected chi connectivity index (χ0v) is 12.7. The van der Waals surface area contributed by atoms with E-state index >= 15 is 0 Å². The Hall–Kier alpha value is -0.590. The maximum atomic E-state index is 11.0. The smallest absolute Gasteiger partial charge is 0.0861 e. The molecule has 0 radical (unpaired) electrons. The zero-order chi connectivity index (χ0) is 14.1. The molecule has 1 aliphatic heterocycles. The summed E-state index contributed by atoms with van der Waals surface area (Å²) < 4.78 is 0. The Balaban J connectivity index is 2.10. The molecule has 0 unspecified atom stereocenters. The topological polar surface area (TPSA) is 47.3 Å². The van der Waals surface area contributed by atoms with E-state index in [9.17, 15) is 10.4 Å². The predicted octanol–water partition coefficient (Wildman–Crippen LogP) is 2.80. The van der Waals surface area contributed by atoms with E-state index in [4.69, 9.17) is 0 Å². The monoisotopic (exact) mass is 264 g/mol. The van der Waals surface area contributed by atoms with Crippen LogP contribution in [0.15, 0.2) is 0 Å². The molecular weight excluding hydrogens is 236 g/mol. The van der Waals surface area contributed by atoms with Crippen LogP contribution < -0.4 is 0 Å². The fourth-order valence-corrected chi connectivity index (χ4v) is 3.95. The molecule has 0 aromatic heterocycles. The Labute approximate surface area is 117 Å². The molecule has 1 heterocycles. The Bertz CT molecular complexity index is 342. The van der Waals surface area contributed by atoms with Gasteiger partial charge in [-0.25, -0.2) is 0 Å². The lowest BCUT2D eigenvalue weighted by Gasteiger charge is -2.50. The van der Waals surface area contributed by atoms with Gasteiger partial charge in [-0.2, -0.15) is 5.26 Å². The van der Waals surface area contributed by atoms with E-state index in [1.54, 1.807) is 0 Å². The van der Waals surface area contributed by atoms with Gasteiger partial charge in [-0.1, -0.05) is 13.8 Å². The number of rotatable bonds is 2. The van der Waals surface area contributed by atoms with Crippen LogP contribution in [0, 0.1) is 28.6 Å². The predicted molar refractivity (Wildman–Crippen MR) is 76.5 cm³/mol. The molecule has 3 nitrogen and oxygen atoms in total. The molecular formula is C16H28N2O. The van der Waals surface area contributed by atoms with Crippen molar-refractivity contribution in [3.05, 3.63) is 0 Å². The van der Waals surface area contributed by atoms with Gasteiger partial charge in [0.2, 0.25) is 0 Å². The Morgan fingerprint density at radius 1 is 1.16 bits per heavy atom. The first-order valence-electron chi connectivity index (χ1n) is 7.75. The summed E-state index contributed by atoms with van der Waals surface area (Å²) in [6.45, 7) is 6.36. The molecule has 1 N–H and O–H groups in total. The first-order valence-corrected chi connectivity index (χ1v) is 7.75. The number of likely N-dealkylation sites (tertiary alicyclic amines) is 1. The van der Waals surface area contributed by atoms with E-state index < -0.39 is 11.0 Å². The summed E-state index contributed by atoms with van der Waals surface area (Å²) in [6.07, 6.45) is 5.47. The Kier molecular flexibility index (Phi) is 4.23. The van der Waals surface area contributed by atoms with E-state index in [-0.39, 0.29) is 0 Å². The molecule has 3 heteroatoms. The van der Waals surface area contributed by atoms with Crippen molar-refractivity contribution >= 4 is 0 Å². The van der Waals surface area contributed by atoms with Crippen molar-refractivity contribution in [3.63, 3.8) is 0 Å². The van der Waals surface area contributed by atoms with Gasteiger partial charge in [0.1, 0.15) is 0 Å². The van der Waals surface area contributed by atoms with Gasteiger partial charge in [0.25, 0.3) is 0 Å². The van der Waals surface area contributed by atoms with Crippen molar-refractivity contribution in [3.8, 4) is 6.07 Å². The summed E-state index contributed by atoms with van der Waals surface area (Å²) in [7, 11) is 2.09. The lowest BCUT2D eigenvalue weighted by atomic mass is 9.58. The molecule has 2 rings (SSSR count). The molecule has 1 aliphatic carbocycles. The third-order valence-electron chi connectivity index (χ3n) is 5.75. The lowest BCUT2D eigenvalue weighted by molar-refractivity contribution is -0.113. The number of nitriles is 1. The summed E-state index contributed by atoms with van der Waals surface area (Å²) >= 11 is 0. The molecule has 2 fully saturated rings. The van der Waals surface area contributed by atoms with E-state index in [0.717, 1.165) is 57.5 Å². The van der Waals surface area contributed by atoms with Crippen molar-refractivity contribution in [1.82, 2.24) is 4.90 Å². The van der Waals surface area contributed by atoms with Crippen LogP contribution in [-0.4, -0.2) is 35.7 Å². The van der Waals surface area contributed by atoms with Crippen LogP contribution in [0.1, 0.15) is 52.4 Å². The van der Waals surface area contributed by atoms with Gasteiger partial charge in [-0.3, -0.25) is 0 Å². The molecule has 0 bridgehead atoms. The minimum Gasteiger partial charge on any atom is -0.388 e. The number of piperidine rings is 1. The van der Waals surface area contributed by atoms with Gasteiger partial charge >= 0.3 is 0 Å². The van der Waals surface area contributed by atoms with Crippen LogP contribution in [0.4, 0.5) is 0 Å². The highest BCUT2D eigenvalue weighted by Crippen LogP contribution is 2.51. The maximum Gasteiger partial charge on any atom is 0.0861 e. The molecule has 0 amide bonds. The molecule has 19 heavy (non-hydrogen) atoms. The van der Waals surface area contributed by atoms with Crippen molar-refractivity contribution < 1.29 is 5.11 Å². The number of hydrogen-bond donors (Lipinski definition) is 1. The van der Waals surface area contributed by atoms with Gasteiger partial charge in [0, 0.05) is 13.1 Å². The Morgan fingerprint density at radius 2 is 1.68 bits per heavy atom. The van der Waals surface area contributed by atoms with Crippen LogP contribution in [0.3, 0.4) is 0 Å². The van der Waals surface area contributed by atoms with E-state index in [1.165, 1.54) is 0 Å². The summed E-state index contributed by atoms with van der Waals surface area (Å²) in [6, 6.07) is 2.53. The minimum atomic E-state index is -0.754. The normalized spacial score (nSPS) is 36.1. The van der Waals surface area contributed by atoms with Gasteiger partial charge in [-0.05, 0) is 57.4 Å². The largest absolute Gasteiger partial charge is 0.388 e. The van der Waals surface area contributed by atoms with Gasteiger partial charge in [0.15, 0.2) is 0 Å². The van der Waals surface area contributed by atoms with Gasteiger partial charge < -0.3 is 10.0 Å². The highest BCUT2D eigenvalue weighted by atomic mass is 16.3. The quantitative estimate of drug-likeness (QED) is 0.834. The molecule has 1 saturated heterocycles. The number of aliphatic hydroxyl groups is 1. The SMILES string of the molecule is CC(C)C1CCC(C#N)(C2(O)CCN(C)CC2)CC1. The first kappa shape index (κ1) is 14.8. The van der Waals surface area contributed by atoms with E-state index in [0.29, 0.717) is 5.92 Å². The first-order chi connectivity index (χ1) is 8.92. The fraction of sp³-hybridized carbons (Fsp3) is 0.938. The van der Waals surface area contributed by atoms with Crippen LogP contribution >= 0.6 is 0 Å². The van der Waals surface area contributed by atoms with Crippen molar-refractivity contribution in [2.45, 2.75) is 58.0 Å². The summed E-state index contributed by atoms with van der Waals surface area (Å²) in [4.78, 5) is 2.25. The molecule has 0 atom stereocenters.